The molecule has 1 aliphatic rings. The van der Waals surface area contributed by atoms with E-state index in [1.54, 1.807) is 0 Å². The second-order valence-corrected chi connectivity index (χ2v) is 8.30. The summed E-state index contributed by atoms with van der Waals surface area (Å²) in [6, 6.07) is 24.9. The molecule has 0 aliphatic carbocycles. The van der Waals surface area contributed by atoms with Crippen LogP contribution in [0, 0.1) is 0 Å². The van der Waals surface area contributed by atoms with E-state index in [2.05, 4.69) is 9.88 Å². The first kappa shape index (κ1) is 20.8. The van der Waals surface area contributed by atoms with Crippen LogP contribution in [0.5, 0.6) is 11.5 Å². The predicted octanol–water partition coefficient (Wildman–Crippen LogP) is 6.07. The average Bonchev–Trinajstić information content (AvgIpc) is 3.16. The first-order chi connectivity index (χ1) is 16.0. The van der Waals surface area contributed by atoms with Crippen molar-refractivity contribution in [3.8, 4) is 11.5 Å². The summed E-state index contributed by atoms with van der Waals surface area (Å²) in [7, 11) is 0. The highest BCUT2D eigenvalue weighted by atomic mass is 16.5. The molecule has 0 amide bonds. The van der Waals surface area contributed by atoms with Crippen molar-refractivity contribution in [2.45, 2.75) is 32.9 Å². The van der Waals surface area contributed by atoms with E-state index in [4.69, 9.17) is 14.5 Å². The third-order valence-electron chi connectivity index (χ3n) is 5.55. The summed E-state index contributed by atoms with van der Waals surface area (Å²) in [6.07, 6.45) is -0.230. The molecule has 33 heavy (non-hydrogen) atoms. The molecule has 0 saturated heterocycles. The van der Waals surface area contributed by atoms with Crippen LogP contribution >= 0.6 is 0 Å². The van der Waals surface area contributed by atoms with Crippen LogP contribution < -0.4 is 10.1 Å². The van der Waals surface area contributed by atoms with Gasteiger partial charge in [-0.2, -0.15) is 0 Å². The van der Waals surface area contributed by atoms with Gasteiger partial charge in [-0.05, 0) is 62.7 Å². The number of carbonyl (C=O) groups excluding carboxylic acids is 1. The van der Waals surface area contributed by atoms with Gasteiger partial charge in [-0.3, -0.25) is 4.57 Å². The van der Waals surface area contributed by atoms with Gasteiger partial charge >= 0.3 is 5.97 Å². The normalized spacial score (nSPS) is 15.3. The first-order valence-electron chi connectivity index (χ1n) is 11.0. The standard InChI is InChI=1S/C27H25N3O3/c1-17(2)32-26(31)24-18(3)28-27-29-22-14-7-8-15-23(22)30(27)25(24)19-10-9-13-21(16-19)33-20-11-5-4-6-12-20/h4-17,25H,1-3H3,(H,28,29)/t25-/m0/s1. The van der Waals surface area contributed by atoms with Crippen LogP contribution in [-0.2, 0) is 9.53 Å². The molecule has 1 atom stereocenters. The first-order valence-corrected chi connectivity index (χ1v) is 11.0. The van der Waals surface area contributed by atoms with Gasteiger partial charge in [0.15, 0.2) is 0 Å². The summed E-state index contributed by atoms with van der Waals surface area (Å²) in [5.41, 5.74) is 3.97. The number of fused-ring (bicyclic) bond motifs is 3. The zero-order valence-electron chi connectivity index (χ0n) is 18.8. The average molecular weight is 440 g/mol. The summed E-state index contributed by atoms with van der Waals surface area (Å²) in [6.45, 7) is 5.59. The molecule has 5 rings (SSSR count). The Morgan fingerprint density at radius 3 is 2.48 bits per heavy atom. The number of nitrogens with one attached hydrogen (secondary N) is 1. The zero-order chi connectivity index (χ0) is 22.9. The second-order valence-electron chi connectivity index (χ2n) is 8.30. The number of benzene rings is 3. The summed E-state index contributed by atoms with van der Waals surface area (Å²) in [5, 5.41) is 3.31. The SMILES string of the molecule is CC1=C(C(=O)OC(C)C)[C@H](c2cccc(Oc3ccccc3)c2)n2c(nc3ccccc32)N1. The Labute approximate surface area is 192 Å². The Morgan fingerprint density at radius 1 is 0.970 bits per heavy atom. The molecule has 1 N–H and O–H groups in total. The maximum absolute atomic E-state index is 13.3. The number of anilines is 1. The third kappa shape index (κ3) is 3.96. The minimum Gasteiger partial charge on any atom is -0.459 e. The van der Waals surface area contributed by atoms with Crippen LogP contribution in [0.2, 0.25) is 0 Å². The quantitative estimate of drug-likeness (QED) is 0.382. The van der Waals surface area contributed by atoms with Gasteiger partial charge < -0.3 is 14.8 Å². The lowest BCUT2D eigenvalue weighted by Crippen LogP contribution is -2.30. The van der Waals surface area contributed by atoms with Crippen LogP contribution in [0.3, 0.4) is 0 Å². The molecular weight excluding hydrogens is 414 g/mol. The number of hydrogen-bond acceptors (Lipinski definition) is 5. The molecule has 0 fully saturated rings. The van der Waals surface area contributed by atoms with E-state index in [1.807, 2.05) is 99.6 Å². The number of para-hydroxylation sites is 3. The lowest BCUT2D eigenvalue weighted by atomic mass is 9.95. The minimum absolute atomic E-state index is 0.230. The largest absolute Gasteiger partial charge is 0.459 e. The molecule has 6 heteroatoms. The number of carbonyl (C=O) groups is 1. The number of aromatic nitrogens is 2. The van der Waals surface area contributed by atoms with Crippen LogP contribution in [0.25, 0.3) is 11.0 Å². The van der Waals surface area contributed by atoms with Gasteiger partial charge in [0.1, 0.15) is 11.5 Å². The molecule has 2 heterocycles. The monoisotopic (exact) mass is 439 g/mol. The van der Waals surface area contributed by atoms with Crippen molar-refractivity contribution in [1.29, 1.82) is 0 Å². The van der Waals surface area contributed by atoms with Crippen LogP contribution in [0.4, 0.5) is 5.95 Å². The Kier molecular flexibility index (Phi) is 5.34. The van der Waals surface area contributed by atoms with E-state index >= 15 is 0 Å². The van der Waals surface area contributed by atoms with Crippen molar-refractivity contribution in [1.82, 2.24) is 9.55 Å². The van der Waals surface area contributed by atoms with E-state index in [9.17, 15) is 4.79 Å². The fourth-order valence-electron chi connectivity index (χ4n) is 4.19. The topological polar surface area (TPSA) is 65.4 Å². The smallest absolute Gasteiger partial charge is 0.338 e. The molecule has 4 aromatic rings. The minimum atomic E-state index is -0.417. The van der Waals surface area contributed by atoms with Gasteiger partial charge in [0.25, 0.3) is 0 Å². The number of hydrogen-bond donors (Lipinski definition) is 1. The van der Waals surface area contributed by atoms with E-state index in [0.717, 1.165) is 28.0 Å². The van der Waals surface area contributed by atoms with Crippen LogP contribution in [-0.4, -0.2) is 21.6 Å². The number of rotatable bonds is 5. The Balaban J connectivity index is 1.65. The number of ether oxygens (including phenoxy) is 2. The molecular formula is C27H25N3O3. The summed E-state index contributed by atoms with van der Waals surface area (Å²) < 4.78 is 13.8. The number of allylic oxidation sites excluding steroid dienone is 1. The fourth-order valence-corrected chi connectivity index (χ4v) is 4.19. The zero-order valence-corrected chi connectivity index (χ0v) is 18.8. The molecule has 3 aromatic carbocycles. The number of imidazole rings is 1. The lowest BCUT2D eigenvalue weighted by molar-refractivity contribution is -0.143. The van der Waals surface area contributed by atoms with Crippen molar-refractivity contribution >= 4 is 23.0 Å². The highest BCUT2D eigenvalue weighted by molar-refractivity contribution is 5.94. The van der Waals surface area contributed by atoms with Crippen molar-refractivity contribution in [2.24, 2.45) is 0 Å². The molecule has 166 valence electrons. The van der Waals surface area contributed by atoms with E-state index in [-0.39, 0.29) is 12.1 Å². The molecule has 1 aromatic heterocycles. The van der Waals surface area contributed by atoms with E-state index < -0.39 is 6.04 Å². The van der Waals surface area contributed by atoms with Crippen molar-refractivity contribution < 1.29 is 14.3 Å². The summed E-state index contributed by atoms with van der Waals surface area (Å²) >= 11 is 0. The van der Waals surface area contributed by atoms with Crippen LogP contribution in [0.15, 0.2) is 90.1 Å². The molecule has 0 unspecified atom stereocenters. The van der Waals surface area contributed by atoms with E-state index in [1.165, 1.54) is 0 Å². The highest BCUT2D eigenvalue weighted by Crippen LogP contribution is 2.40. The lowest BCUT2D eigenvalue weighted by Gasteiger charge is -2.30. The Hall–Kier alpha value is -4.06. The molecule has 0 radical (unpaired) electrons. The van der Waals surface area contributed by atoms with Gasteiger partial charge in [0.05, 0.1) is 28.8 Å². The molecule has 6 nitrogen and oxygen atoms in total. The Morgan fingerprint density at radius 2 is 1.70 bits per heavy atom. The van der Waals surface area contributed by atoms with Gasteiger partial charge in [-0.25, -0.2) is 9.78 Å². The molecule has 0 bridgehead atoms. The number of nitrogens with zero attached hydrogens (tertiary/aromatic N) is 2. The second kappa shape index (κ2) is 8.47. The Bertz CT molecular complexity index is 1360. The summed E-state index contributed by atoms with van der Waals surface area (Å²) in [5.74, 6) is 1.78. The van der Waals surface area contributed by atoms with Gasteiger partial charge in [-0.15, -0.1) is 0 Å². The van der Waals surface area contributed by atoms with Gasteiger partial charge in [-0.1, -0.05) is 42.5 Å². The third-order valence-corrected chi connectivity index (χ3v) is 5.55. The van der Waals surface area contributed by atoms with Crippen molar-refractivity contribution in [3.63, 3.8) is 0 Å². The van der Waals surface area contributed by atoms with Gasteiger partial charge in [0.2, 0.25) is 5.95 Å². The van der Waals surface area contributed by atoms with Crippen LogP contribution in [0.1, 0.15) is 32.4 Å². The fraction of sp³-hybridized carbons (Fsp3) is 0.185. The number of esters is 1. The predicted molar refractivity (Wildman–Crippen MR) is 128 cm³/mol. The van der Waals surface area contributed by atoms with Crippen molar-refractivity contribution in [2.75, 3.05) is 5.32 Å². The molecule has 0 saturated carbocycles. The summed E-state index contributed by atoms with van der Waals surface area (Å²) in [4.78, 5) is 18.0. The highest BCUT2D eigenvalue weighted by Gasteiger charge is 2.35. The molecule has 1 aliphatic heterocycles. The van der Waals surface area contributed by atoms with E-state index in [0.29, 0.717) is 17.3 Å². The maximum Gasteiger partial charge on any atom is 0.338 e. The molecule has 0 spiro atoms. The maximum atomic E-state index is 13.3. The van der Waals surface area contributed by atoms with Gasteiger partial charge in [0, 0.05) is 5.70 Å². The van der Waals surface area contributed by atoms with Crippen molar-refractivity contribution in [3.05, 3.63) is 95.7 Å².